The second-order valence-corrected chi connectivity index (χ2v) is 5.31. The van der Waals surface area contributed by atoms with Gasteiger partial charge in [0.1, 0.15) is 5.75 Å². The molecule has 0 fully saturated rings. The molecule has 0 amide bonds. The molecule has 0 aliphatic heterocycles. The molecule has 0 bridgehead atoms. The van der Waals surface area contributed by atoms with Gasteiger partial charge in [0, 0.05) is 21.8 Å². The molecule has 0 saturated heterocycles. The molecule has 2 rings (SSSR count). The maximum Gasteiger partial charge on any atom is 0.159 e. The number of rotatable bonds is 4. The minimum Gasteiger partial charge on any atom is -0.508 e. The third-order valence-corrected chi connectivity index (χ3v) is 3.81. The van der Waals surface area contributed by atoms with Gasteiger partial charge in [0.2, 0.25) is 0 Å². The molecule has 0 saturated carbocycles. The van der Waals surface area contributed by atoms with Crippen LogP contribution >= 0.6 is 11.8 Å². The number of thioether (sulfide) groups is 1. The first kappa shape index (κ1) is 14.5. The maximum absolute atomic E-state index is 13.1. The summed E-state index contributed by atoms with van der Waals surface area (Å²) in [6.45, 7) is 1.44. The fourth-order valence-electron chi connectivity index (χ4n) is 1.65. The molecule has 20 heavy (non-hydrogen) atoms. The van der Waals surface area contributed by atoms with Gasteiger partial charge >= 0.3 is 0 Å². The van der Waals surface area contributed by atoms with Crippen LogP contribution in [0.3, 0.4) is 0 Å². The van der Waals surface area contributed by atoms with Crippen LogP contribution in [0.15, 0.2) is 41.3 Å². The van der Waals surface area contributed by atoms with Crippen LogP contribution in [0.2, 0.25) is 0 Å². The van der Waals surface area contributed by atoms with Gasteiger partial charge in [-0.1, -0.05) is 0 Å². The Hall–Kier alpha value is -1.88. The summed E-state index contributed by atoms with van der Waals surface area (Å²) in [5, 5.41) is 9.73. The van der Waals surface area contributed by atoms with Crippen molar-refractivity contribution in [2.45, 2.75) is 17.6 Å². The lowest BCUT2D eigenvalue weighted by Crippen LogP contribution is -1.94. The van der Waals surface area contributed by atoms with Crippen molar-refractivity contribution in [3.63, 3.8) is 0 Å². The summed E-state index contributed by atoms with van der Waals surface area (Å²) in [6, 6.07) is 8.23. The van der Waals surface area contributed by atoms with Crippen LogP contribution in [-0.4, -0.2) is 10.9 Å². The molecule has 0 radical (unpaired) electrons. The van der Waals surface area contributed by atoms with Crippen LogP contribution < -0.4 is 0 Å². The first-order chi connectivity index (χ1) is 9.47. The average molecular weight is 294 g/mol. The molecule has 0 aliphatic rings. The number of hydrogen-bond acceptors (Lipinski definition) is 3. The Balaban J connectivity index is 2.15. The van der Waals surface area contributed by atoms with E-state index in [0.717, 1.165) is 12.1 Å². The Labute approximate surface area is 119 Å². The number of hydrogen-bond donors (Lipinski definition) is 1. The van der Waals surface area contributed by atoms with Crippen molar-refractivity contribution in [2.75, 3.05) is 0 Å². The van der Waals surface area contributed by atoms with Gasteiger partial charge in [-0.2, -0.15) is 0 Å². The van der Waals surface area contributed by atoms with Gasteiger partial charge in [-0.3, -0.25) is 4.79 Å². The van der Waals surface area contributed by atoms with Crippen molar-refractivity contribution < 1.29 is 18.7 Å². The minimum absolute atomic E-state index is 0.0742. The molecule has 104 valence electrons. The molecule has 2 aromatic carbocycles. The Kier molecular flexibility index (Phi) is 4.39. The zero-order valence-corrected chi connectivity index (χ0v) is 11.5. The van der Waals surface area contributed by atoms with E-state index in [-0.39, 0.29) is 11.5 Å². The van der Waals surface area contributed by atoms with Crippen LogP contribution in [0.25, 0.3) is 0 Å². The summed E-state index contributed by atoms with van der Waals surface area (Å²) in [7, 11) is 0. The van der Waals surface area contributed by atoms with Gasteiger partial charge in [0.15, 0.2) is 17.4 Å². The lowest BCUT2D eigenvalue weighted by molar-refractivity contribution is 0.101. The Morgan fingerprint density at radius 3 is 2.55 bits per heavy atom. The molecule has 2 aromatic rings. The van der Waals surface area contributed by atoms with Crippen molar-refractivity contribution in [3.05, 3.63) is 59.2 Å². The SMILES string of the molecule is CC(=O)c1ccc(O)c(CSc2ccc(F)c(F)c2)c1. The lowest BCUT2D eigenvalue weighted by Gasteiger charge is -2.07. The smallest absolute Gasteiger partial charge is 0.159 e. The highest BCUT2D eigenvalue weighted by Crippen LogP contribution is 2.29. The molecule has 2 nitrogen and oxygen atoms in total. The van der Waals surface area contributed by atoms with E-state index in [2.05, 4.69) is 0 Å². The van der Waals surface area contributed by atoms with E-state index in [9.17, 15) is 18.7 Å². The molecule has 0 aromatic heterocycles. The summed E-state index contributed by atoms with van der Waals surface area (Å²) in [6.07, 6.45) is 0. The van der Waals surface area contributed by atoms with Gasteiger partial charge in [-0.05, 0) is 43.3 Å². The number of carbonyl (C=O) groups is 1. The van der Waals surface area contributed by atoms with E-state index in [1.165, 1.54) is 30.8 Å². The number of phenols is 1. The first-order valence-electron chi connectivity index (χ1n) is 5.88. The summed E-state index contributed by atoms with van der Waals surface area (Å²) < 4.78 is 25.9. The number of halogens is 2. The van der Waals surface area contributed by atoms with E-state index >= 15 is 0 Å². The van der Waals surface area contributed by atoms with Gasteiger partial charge < -0.3 is 5.11 Å². The molecule has 1 N–H and O–H groups in total. The molecule has 0 unspecified atom stereocenters. The van der Waals surface area contributed by atoms with Crippen LogP contribution in [0.5, 0.6) is 5.75 Å². The zero-order chi connectivity index (χ0) is 14.7. The third-order valence-electron chi connectivity index (χ3n) is 2.77. The monoisotopic (exact) mass is 294 g/mol. The molecular weight excluding hydrogens is 282 g/mol. The lowest BCUT2D eigenvalue weighted by atomic mass is 10.1. The number of phenolic OH excluding ortho intramolecular Hbond substituents is 1. The van der Waals surface area contributed by atoms with E-state index in [4.69, 9.17) is 0 Å². The van der Waals surface area contributed by atoms with Crippen LogP contribution in [0.4, 0.5) is 8.78 Å². The molecule has 0 aliphatic carbocycles. The molecule has 0 spiro atoms. The second-order valence-electron chi connectivity index (χ2n) is 4.26. The topological polar surface area (TPSA) is 37.3 Å². The van der Waals surface area contributed by atoms with Crippen LogP contribution in [-0.2, 0) is 5.75 Å². The zero-order valence-electron chi connectivity index (χ0n) is 10.7. The normalized spacial score (nSPS) is 10.6. The highest BCUT2D eigenvalue weighted by atomic mass is 32.2. The van der Waals surface area contributed by atoms with E-state index in [1.807, 2.05) is 0 Å². The Morgan fingerprint density at radius 2 is 1.90 bits per heavy atom. The van der Waals surface area contributed by atoms with Crippen molar-refractivity contribution in [1.29, 1.82) is 0 Å². The van der Waals surface area contributed by atoms with E-state index in [0.29, 0.717) is 21.8 Å². The number of ketones is 1. The summed E-state index contributed by atoms with van der Waals surface area (Å²) >= 11 is 1.25. The molecule has 5 heteroatoms. The fraction of sp³-hybridized carbons (Fsp3) is 0.133. The maximum atomic E-state index is 13.1. The summed E-state index contributed by atoms with van der Waals surface area (Å²) in [5.74, 6) is -1.46. The largest absolute Gasteiger partial charge is 0.508 e. The van der Waals surface area contributed by atoms with Gasteiger partial charge in [-0.25, -0.2) is 8.78 Å². The van der Waals surface area contributed by atoms with E-state index < -0.39 is 11.6 Å². The van der Waals surface area contributed by atoms with Crippen molar-refractivity contribution in [2.24, 2.45) is 0 Å². The number of carbonyl (C=O) groups excluding carboxylic acids is 1. The Bertz CT molecular complexity index is 656. The Morgan fingerprint density at radius 1 is 1.15 bits per heavy atom. The average Bonchev–Trinajstić information content (AvgIpc) is 2.41. The number of benzene rings is 2. The molecular formula is C15H12F2O2S. The quantitative estimate of drug-likeness (QED) is 0.679. The number of Topliss-reactive ketones (excluding diaryl/α,β-unsaturated/α-hetero) is 1. The van der Waals surface area contributed by atoms with E-state index in [1.54, 1.807) is 12.1 Å². The third kappa shape index (κ3) is 3.36. The standard InChI is InChI=1S/C15H12F2O2S/c1-9(18)10-2-5-15(19)11(6-10)8-20-12-3-4-13(16)14(17)7-12/h2-7,19H,8H2,1H3. The van der Waals surface area contributed by atoms with Gasteiger partial charge in [0.25, 0.3) is 0 Å². The second kappa shape index (κ2) is 6.05. The highest BCUT2D eigenvalue weighted by molar-refractivity contribution is 7.98. The molecule has 0 heterocycles. The first-order valence-corrected chi connectivity index (χ1v) is 6.86. The van der Waals surface area contributed by atoms with Crippen molar-refractivity contribution in [1.82, 2.24) is 0 Å². The summed E-state index contributed by atoms with van der Waals surface area (Å²) in [4.78, 5) is 11.8. The number of aromatic hydroxyl groups is 1. The highest BCUT2D eigenvalue weighted by Gasteiger charge is 2.08. The van der Waals surface area contributed by atoms with Crippen LogP contribution in [0, 0.1) is 11.6 Å². The minimum atomic E-state index is -0.906. The van der Waals surface area contributed by atoms with Crippen molar-refractivity contribution in [3.8, 4) is 5.75 Å². The predicted molar refractivity (Wildman–Crippen MR) is 74.0 cm³/mol. The van der Waals surface area contributed by atoms with Crippen molar-refractivity contribution >= 4 is 17.5 Å². The molecule has 0 atom stereocenters. The van der Waals surface area contributed by atoms with Crippen LogP contribution in [0.1, 0.15) is 22.8 Å². The fourth-order valence-corrected chi connectivity index (χ4v) is 2.55. The predicted octanol–water partition coefficient (Wildman–Crippen LogP) is 4.17. The summed E-state index contributed by atoms with van der Waals surface area (Å²) in [5.41, 5.74) is 1.08. The van der Waals surface area contributed by atoms with Gasteiger partial charge in [0.05, 0.1) is 0 Å². The van der Waals surface area contributed by atoms with Gasteiger partial charge in [-0.15, -0.1) is 11.8 Å².